The number of thiophene rings is 1. The maximum absolute atomic E-state index is 12.7. The molecule has 1 N–H and O–H groups in total. The van der Waals surface area contributed by atoms with Gasteiger partial charge >= 0.3 is 0 Å². The van der Waals surface area contributed by atoms with Crippen LogP contribution in [0.2, 0.25) is 0 Å². The quantitative estimate of drug-likeness (QED) is 0.814. The summed E-state index contributed by atoms with van der Waals surface area (Å²) in [7, 11) is 0. The first-order valence-electron chi connectivity index (χ1n) is 10.1. The Morgan fingerprint density at radius 3 is 2.46 bits per heavy atom. The summed E-state index contributed by atoms with van der Waals surface area (Å²) in [5.41, 5.74) is 2.41. The summed E-state index contributed by atoms with van der Waals surface area (Å²) in [5.74, 6) is -0.0811. The van der Waals surface area contributed by atoms with E-state index in [0.29, 0.717) is 18.0 Å². The van der Waals surface area contributed by atoms with Crippen LogP contribution in [-0.2, 0) is 17.9 Å². The van der Waals surface area contributed by atoms with Crippen LogP contribution in [0.3, 0.4) is 0 Å². The van der Waals surface area contributed by atoms with Crippen molar-refractivity contribution in [3.05, 3.63) is 57.8 Å². The summed E-state index contributed by atoms with van der Waals surface area (Å²) in [6.45, 7) is 4.55. The third-order valence-electron chi connectivity index (χ3n) is 5.64. The second kappa shape index (κ2) is 8.88. The van der Waals surface area contributed by atoms with E-state index < -0.39 is 0 Å². The maximum Gasteiger partial charge on any atom is 0.264 e. The first-order chi connectivity index (χ1) is 13.7. The second-order valence-electron chi connectivity index (χ2n) is 7.65. The fourth-order valence-electron chi connectivity index (χ4n) is 4.09. The zero-order valence-electron chi connectivity index (χ0n) is 16.1. The molecule has 2 aliphatic rings. The van der Waals surface area contributed by atoms with Gasteiger partial charge in [-0.1, -0.05) is 30.3 Å². The normalized spacial score (nSPS) is 19.9. The van der Waals surface area contributed by atoms with Crippen molar-refractivity contribution in [2.75, 3.05) is 19.6 Å². The van der Waals surface area contributed by atoms with Gasteiger partial charge < -0.3 is 10.2 Å². The van der Waals surface area contributed by atoms with E-state index in [2.05, 4.69) is 34.5 Å². The molecule has 5 nitrogen and oxygen atoms in total. The molecule has 0 radical (unpaired) electrons. The highest BCUT2D eigenvalue weighted by atomic mass is 32.1. The summed E-state index contributed by atoms with van der Waals surface area (Å²) >= 11 is 1.43. The molecule has 0 unspecified atom stereocenters. The van der Waals surface area contributed by atoms with Gasteiger partial charge in [0.05, 0.1) is 4.88 Å². The molecule has 4 rings (SSSR count). The Balaban J connectivity index is 1.30. The Kier molecular flexibility index (Phi) is 6.07. The third kappa shape index (κ3) is 4.45. The molecule has 2 aliphatic heterocycles. The molecule has 0 aliphatic carbocycles. The smallest absolute Gasteiger partial charge is 0.264 e. The predicted molar refractivity (Wildman–Crippen MR) is 111 cm³/mol. The van der Waals surface area contributed by atoms with Crippen molar-refractivity contribution < 1.29 is 9.59 Å². The Morgan fingerprint density at radius 2 is 1.75 bits per heavy atom. The van der Waals surface area contributed by atoms with Gasteiger partial charge in [0.1, 0.15) is 6.04 Å². The summed E-state index contributed by atoms with van der Waals surface area (Å²) < 4.78 is 0. The van der Waals surface area contributed by atoms with Crippen LogP contribution in [0.4, 0.5) is 0 Å². The Hall–Kier alpha value is -2.18. The average molecular weight is 398 g/mol. The molecule has 148 valence electrons. The molecule has 0 saturated carbocycles. The van der Waals surface area contributed by atoms with Gasteiger partial charge in [0, 0.05) is 19.6 Å². The number of likely N-dealkylation sites (tertiary alicyclic amines) is 2. The molecule has 2 saturated heterocycles. The molecular formula is C22H27N3O2S. The lowest BCUT2D eigenvalue weighted by molar-refractivity contribution is -0.125. The van der Waals surface area contributed by atoms with Gasteiger partial charge in [-0.15, -0.1) is 11.3 Å². The fraction of sp³-hybridized carbons (Fsp3) is 0.455. The number of carbonyl (C=O) groups is 2. The van der Waals surface area contributed by atoms with Crippen LogP contribution in [-0.4, -0.2) is 47.3 Å². The molecule has 0 spiro atoms. The SMILES string of the molecule is O=C(NCc1ccc(CN2CCCC2)cc1)[C@@H]1CCCN1C(=O)c1cccs1. The van der Waals surface area contributed by atoms with Gasteiger partial charge in [-0.25, -0.2) is 0 Å². The molecule has 1 aromatic heterocycles. The van der Waals surface area contributed by atoms with Crippen LogP contribution in [0, 0.1) is 0 Å². The van der Waals surface area contributed by atoms with Crippen molar-refractivity contribution in [1.29, 1.82) is 0 Å². The van der Waals surface area contributed by atoms with Crippen LogP contribution in [0.25, 0.3) is 0 Å². The van der Waals surface area contributed by atoms with Gasteiger partial charge in [-0.3, -0.25) is 14.5 Å². The molecule has 28 heavy (non-hydrogen) atoms. The highest BCUT2D eigenvalue weighted by Gasteiger charge is 2.34. The van der Waals surface area contributed by atoms with E-state index in [0.717, 1.165) is 24.9 Å². The van der Waals surface area contributed by atoms with E-state index in [1.807, 2.05) is 17.5 Å². The molecule has 6 heteroatoms. The van der Waals surface area contributed by atoms with Gasteiger partial charge in [0.2, 0.25) is 5.91 Å². The van der Waals surface area contributed by atoms with Crippen LogP contribution >= 0.6 is 11.3 Å². The van der Waals surface area contributed by atoms with Crippen LogP contribution in [0.15, 0.2) is 41.8 Å². The van der Waals surface area contributed by atoms with Crippen molar-refractivity contribution in [3.63, 3.8) is 0 Å². The number of amides is 2. The lowest BCUT2D eigenvalue weighted by atomic mass is 10.1. The second-order valence-corrected chi connectivity index (χ2v) is 8.60. The summed E-state index contributed by atoms with van der Waals surface area (Å²) in [4.78, 5) is 30.2. The molecule has 2 fully saturated rings. The number of rotatable bonds is 6. The lowest BCUT2D eigenvalue weighted by Crippen LogP contribution is -2.45. The van der Waals surface area contributed by atoms with Crippen molar-refractivity contribution in [2.45, 2.75) is 44.8 Å². The molecule has 3 heterocycles. The Morgan fingerprint density at radius 1 is 1.00 bits per heavy atom. The summed E-state index contributed by atoms with van der Waals surface area (Å²) in [6, 6.07) is 11.8. The molecular weight excluding hydrogens is 370 g/mol. The fourth-order valence-corrected chi connectivity index (χ4v) is 4.77. The van der Waals surface area contributed by atoms with E-state index in [1.165, 1.54) is 42.8 Å². The minimum Gasteiger partial charge on any atom is -0.350 e. The summed E-state index contributed by atoms with van der Waals surface area (Å²) in [5, 5.41) is 4.92. The van der Waals surface area contributed by atoms with Gasteiger partial charge in [-0.05, 0) is 61.3 Å². The molecule has 0 bridgehead atoms. The topological polar surface area (TPSA) is 52.7 Å². The zero-order chi connectivity index (χ0) is 19.3. The van der Waals surface area contributed by atoms with E-state index in [-0.39, 0.29) is 17.9 Å². The van der Waals surface area contributed by atoms with Gasteiger partial charge in [-0.2, -0.15) is 0 Å². The van der Waals surface area contributed by atoms with E-state index in [1.54, 1.807) is 4.90 Å². The van der Waals surface area contributed by atoms with Crippen molar-refractivity contribution in [2.24, 2.45) is 0 Å². The summed E-state index contributed by atoms with van der Waals surface area (Å²) in [6.07, 6.45) is 4.21. The number of hydrogen-bond acceptors (Lipinski definition) is 4. The van der Waals surface area contributed by atoms with Gasteiger partial charge in [0.25, 0.3) is 5.91 Å². The first-order valence-corrected chi connectivity index (χ1v) is 11.0. The van der Waals surface area contributed by atoms with Crippen LogP contribution in [0.5, 0.6) is 0 Å². The number of nitrogens with zero attached hydrogens (tertiary/aromatic N) is 2. The predicted octanol–water partition coefficient (Wildman–Crippen LogP) is 3.26. The molecule has 2 amide bonds. The minimum absolute atomic E-state index is 0.0288. The molecule has 1 aromatic carbocycles. The van der Waals surface area contributed by atoms with Gasteiger partial charge in [0.15, 0.2) is 0 Å². The van der Waals surface area contributed by atoms with E-state index in [9.17, 15) is 9.59 Å². The monoisotopic (exact) mass is 397 g/mol. The van der Waals surface area contributed by atoms with Crippen molar-refractivity contribution in [3.8, 4) is 0 Å². The zero-order valence-corrected chi connectivity index (χ0v) is 16.9. The average Bonchev–Trinajstić information content (AvgIpc) is 3.49. The number of nitrogens with one attached hydrogen (secondary N) is 1. The van der Waals surface area contributed by atoms with Crippen LogP contribution < -0.4 is 5.32 Å². The first kappa shape index (κ1) is 19.2. The lowest BCUT2D eigenvalue weighted by Gasteiger charge is -2.23. The highest BCUT2D eigenvalue weighted by molar-refractivity contribution is 7.12. The number of hydrogen-bond donors (Lipinski definition) is 1. The number of benzene rings is 1. The van der Waals surface area contributed by atoms with Crippen molar-refractivity contribution in [1.82, 2.24) is 15.1 Å². The maximum atomic E-state index is 12.7. The Labute approximate surface area is 170 Å². The van der Waals surface area contributed by atoms with Crippen molar-refractivity contribution >= 4 is 23.2 Å². The molecule has 1 atom stereocenters. The highest BCUT2D eigenvalue weighted by Crippen LogP contribution is 2.22. The Bertz CT molecular complexity index is 798. The largest absolute Gasteiger partial charge is 0.350 e. The molecule has 2 aromatic rings. The standard InChI is InChI=1S/C22H27N3O2S/c26-21(19-5-3-13-25(19)22(27)20-6-4-14-28-20)23-15-17-7-9-18(10-8-17)16-24-11-1-2-12-24/h4,6-10,14,19H,1-3,5,11-13,15-16H2,(H,23,26)/t19-/m0/s1. The van der Waals surface area contributed by atoms with E-state index in [4.69, 9.17) is 0 Å². The minimum atomic E-state index is -0.357. The third-order valence-corrected chi connectivity index (χ3v) is 6.50. The number of carbonyl (C=O) groups excluding carboxylic acids is 2. The van der Waals surface area contributed by atoms with Crippen LogP contribution in [0.1, 0.15) is 46.5 Å². The van der Waals surface area contributed by atoms with E-state index >= 15 is 0 Å².